The van der Waals surface area contributed by atoms with Crippen molar-refractivity contribution >= 4 is 23.5 Å². The third kappa shape index (κ3) is 4.51. The molecule has 0 aliphatic rings. The maximum absolute atomic E-state index is 12.7. The van der Waals surface area contributed by atoms with E-state index in [0.29, 0.717) is 5.56 Å². The summed E-state index contributed by atoms with van der Waals surface area (Å²) >= 11 is 0. The quantitative estimate of drug-likeness (QED) is 0.716. The van der Waals surface area contributed by atoms with Gasteiger partial charge in [-0.25, -0.2) is 0 Å². The van der Waals surface area contributed by atoms with Gasteiger partial charge in [-0.05, 0) is 30.3 Å². The number of hydrogen-bond acceptors (Lipinski definition) is 4. The zero-order chi connectivity index (χ0) is 19.4. The lowest BCUT2D eigenvalue weighted by molar-refractivity contribution is -0.137. The van der Waals surface area contributed by atoms with Gasteiger partial charge >= 0.3 is 12.2 Å². The lowest BCUT2D eigenvalue weighted by Gasteiger charge is -2.09. The van der Waals surface area contributed by atoms with Crippen molar-refractivity contribution in [2.75, 3.05) is 10.6 Å². The van der Waals surface area contributed by atoms with Crippen molar-refractivity contribution in [3.05, 3.63) is 77.7 Å². The predicted octanol–water partition coefficient (Wildman–Crippen LogP) is 4.20. The number of nitrogens with zero attached hydrogens (tertiary/aromatic N) is 1. The molecule has 6 nitrogen and oxygen atoms in total. The average Bonchev–Trinajstić information content (AvgIpc) is 3.10. The minimum absolute atomic E-state index is 0.0484. The maximum Gasteiger partial charge on any atom is 0.416 e. The number of halogens is 3. The fourth-order valence-corrected chi connectivity index (χ4v) is 2.16. The van der Waals surface area contributed by atoms with Gasteiger partial charge < -0.3 is 9.73 Å². The summed E-state index contributed by atoms with van der Waals surface area (Å²) in [6.45, 7) is 0. The molecule has 0 radical (unpaired) electrons. The smallest absolute Gasteiger partial charge is 0.416 e. The number of nitrogens with one attached hydrogen (secondary N) is 2. The normalized spacial score (nSPS) is 11.1. The van der Waals surface area contributed by atoms with Crippen molar-refractivity contribution in [1.82, 2.24) is 4.98 Å². The first-order chi connectivity index (χ1) is 12.8. The van der Waals surface area contributed by atoms with Crippen LogP contribution in [0, 0.1) is 0 Å². The Labute approximate surface area is 151 Å². The van der Waals surface area contributed by atoms with Crippen molar-refractivity contribution in [1.29, 1.82) is 0 Å². The molecule has 2 amide bonds. The Morgan fingerprint density at radius 1 is 0.926 bits per heavy atom. The van der Waals surface area contributed by atoms with E-state index in [1.807, 2.05) is 0 Å². The van der Waals surface area contributed by atoms with Crippen LogP contribution in [0.1, 0.15) is 26.4 Å². The second-order valence-corrected chi connectivity index (χ2v) is 5.39. The highest BCUT2D eigenvalue weighted by molar-refractivity contribution is 6.05. The number of carbonyl (C=O) groups excluding carboxylic acids is 2. The van der Waals surface area contributed by atoms with Gasteiger partial charge in [-0.1, -0.05) is 24.3 Å². The van der Waals surface area contributed by atoms with Gasteiger partial charge in [-0.2, -0.15) is 18.2 Å². The van der Waals surface area contributed by atoms with Gasteiger partial charge in [0.25, 0.3) is 11.8 Å². The predicted molar refractivity (Wildman–Crippen MR) is 90.3 cm³/mol. The average molecular weight is 375 g/mol. The largest absolute Gasteiger partial charge is 0.431 e. The molecular weight excluding hydrogens is 363 g/mol. The van der Waals surface area contributed by atoms with Gasteiger partial charge in [0, 0.05) is 11.3 Å². The lowest BCUT2D eigenvalue weighted by atomic mass is 10.2. The molecule has 138 valence electrons. The van der Waals surface area contributed by atoms with E-state index >= 15 is 0 Å². The molecule has 27 heavy (non-hydrogen) atoms. The van der Waals surface area contributed by atoms with Crippen LogP contribution in [0.15, 0.2) is 65.3 Å². The van der Waals surface area contributed by atoms with Gasteiger partial charge in [0.15, 0.2) is 5.69 Å². The highest BCUT2D eigenvalue weighted by Crippen LogP contribution is 2.30. The number of rotatable bonds is 4. The van der Waals surface area contributed by atoms with Crippen molar-refractivity contribution in [3.63, 3.8) is 0 Å². The van der Waals surface area contributed by atoms with Crippen molar-refractivity contribution in [2.24, 2.45) is 0 Å². The molecular formula is C18H12F3N3O3. The molecule has 0 aliphatic carbocycles. The molecule has 0 unspecified atom stereocenters. The summed E-state index contributed by atoms with van der Waals surface area (Å²) in [5.41, 5.74) is -0.773. The number of aromatic nitrogens is 1. The second kappa shape index (κ2) is 7.32. The van der Waals surface area contributed by atoms with Gasteiger partial charge in [-0.3, -0.25) is 14.9 Å². The van der Waals surface area contributed by atoms with E-state index in [1.165, 1.54) is 12.1 Å². The Hall–Kier alpha value is -3.62. The zero-order valence-electron chi connectivity index (χ0n) is 13.6. The molecule has 0 aliphatic heterocycles. The Morgan fingerprint density at radius 3 is 2.37 bits per heavy atom. The summed E-state index contributed by atoms with van der Waals surface area (Å²) in [5.74, 6) is -1.26. The topological polar surface area (TPSA) is 84.2 Å². The zero-order valence-corrected chi connectivity index (χ0v) is 13.6. The van der Waals surface area contributed by atoms with E-state index in [0.717, 1.165) is 18.4 Å². The SMILES string of the molecule is O=C(Nc1nc(C(=O)Nc2cccc(C(F)(F)F)c2)co1)c1ccccc1. The van der Waals surface area contributed by atoms with Gasteiger partial charge in [0.1, 0.15) is 6.26 Å². The number of hydrogen-bond donors (Lipinski definition) is 2. The van der Waals surface area contributed by atoms with E-state index in [-0.39, 0.29) is 17.4 Å². The molecule has 2 aromatic carbocycles. The van der Waals surface area contributed by atoms with E-state index in [2.05, 4.69) is 15.6 Å². The van der Waals surface area contributed by atoms with E-state index < -0.39 is 23.6 Å². The van der Waals surface area contributed by atoms with Crippen LogP contribution < -0.4 is 10.6 Å². The van der Waals surface area contributed by atoms with Crippen LogP contribution in [-0.2, 0) is 6.18 Å². The first-order valence-corrected chi connectivity index (χ1v) is 7.63. The molecule has 0 saturated carbocycles. The Bertz CT molecular complexity index is 968. The molecule has 3 rings (SSSR count). The number of anilines is 2. The minimum Gasteiger partial charge on any atom is -0.431 e. The Balaban J connectivity index is 1.68. The third-order valence-corrected chi connectivity index (χ3v) is 3.44. The molecule has 0 bridgehead atoms. The van der Waals surface area contributed by atoms with Gasteiger partial charge in [0.2, 0.25) is 0 Å². The van der Waals surface area contributed by atoms with Crippen molar-refractivity contribution in [3.8, 4) is 0 Å². The molecule has 0 atom stereocenters. The summed E-state index contributed by atoms with van der Waals surface area (Å²) in [6, 6.07) is 12.2. The third-order valence-electron chi connectivity index (χ3n) is 3.44. The number of oxazole rings is 1. The molecule has 0 spiro atoms. The maximum atomic E-state index is 12.7. The van der Waals surface area contributed by atoms with E-state index in [1.54, 1.807) is 30.3 Å². The monoisotopic (exact) mass is 375 g/mol. The van der Waals surface area contributed by atoms with Crippen molar-refractivity contribution in [2.45, 2.75) is 6.18 Å². The fourth-order valence-electron chi connectivity index (χ4n) is 2.16. The minimum atomic E-state index is -4.52. The number of amides is 2. The highest BCUT2D eigenvalue weighted by Gasteiger charge is 2.30. The Morgan fingerprint density at radius 2 is 1.67 bits per heavy atom. The number of alkyl halides is 3. The first-order valence-electron chi connectivity index (χ1n) is 7.63. The van der Waals surface area contributed by atoms with Crippen LogP contribution in [0.3, 0.4) is 0 Å². The molecule has 1 heterocycles. The summed E-state index contributed by atoms with van der Waals surface area (Å²) in [6.07, 6.45) is -3.53. The van der Waals surface area contributed by atoms with Crippen molar-refractivity contribution < 1.29 is 27.2 Å². The van der Waals surface area contributed by atoms with E-state index in [9.17, 15) is 22.8 Å². The van der Waals surface area contributed by atoms with Crippen LogP contribution in [0.25, 0.3) is 0 Å². The van der Waals surface area contributed by atoms with Crippen LogP contribution in [0.2, 0.25) is 0 Å². The standard InChI is InChI=1S/C18H12F3N3O3/c19-18(20,21)12-7-4-8-13(9-12)22-16(26)14-10-27-17(23-14)24-15(25)11-5-2-1-3-6-11/h1-10H,(H,22,26)(H,23,24,25). The summed E-state index contributed by atoms with van der Waals surface area (Å²) in [4.78, 5) is 27.9. The summed E-state index contributed by atoms with van der Waals surface area (Å²) < 4.78 is 43.1. The fraction of sp³-hybridized carbons (Fsp3) is 0.0556. The lowest BCUT2D eigenvalue weighted by Crippen LogP contribution is -2.15. The Kier molecular flexibility index (Phi) is 4.93. The summed E-state index contributed by atoms with van der Waals surface area (Å²) in [5, 5.41) is 4.68. The van der Waals surface area contributed by atoms with Crippen LogP contribution in [0.4, 0.5) is 24.9 Å². The first kappa shape index (κ1) is 18.2. The second-order valence-electron chi connectivity index (χ2n) is 5.39. The molecule has 0 fully saturated rings. The summed E-state index contributed by atoms with van der Waals surface area (Å²) in [7, 11) is 0. The number of carbonyl (C=O) groups is 2. The van der Waals surface area contributed by atoms with Crippen LogP contribution in [0.5, 0.6) is 0 Å². The highest BCUT2D eigenvalue weighted by atomic mass is 19.4. The van der Waals surface area contributed by atoms with Crippen LogP contribution in [-0.4, -0.2) is 16.8 Å². The van der Waals surface area contributed by atoms with Crippen LogP contribution >= 0.6 is 0 Å². The molecule has 9 heteroatoms. The number of benzene rings is 2. The van der Waals surface area contributed by atoms with Gasteiger partial charge in [0.05, 0.1) is 5.56 Å². The van der Waals surface area contributed by atoms with E-state index in [4.69, 9.17) is 4.42 Å². The van der Waals surface area contributed by atoms with Gasteiger partial charge in [-0.15, -0.1) is 0 Å². The molecule has 2 N–H and O–H groups in total. The molecule has 0 saturated heterocycles. The molecule has 3 aromatic rings. The molecule has 1 aromatic heterocycles.